The number of hydrogen-bond donors (Lipinski definition) is 1. The number of benzene rings is 1. The van der Waals surface area contributed by atoms with E-state index in [2.05, 4.69) is 4.90 Å². The Morgan fingerprint density at radius 3 is 2.67 bits per heavy atom. The van der Waals surface area contributed by atoms with Crippen molar-refractivity contribution in [2.24, 2.45) is 0 Å². The van der Waals surface area contributed by atoms with Crippen molar-refractivity contribution >= 4 is 0 Å². The number of aliphatic hydroxyl groups is 1. The second-order valence-corrected chi connectivity index (χ2v) is 5.17. The molecular formula is C15H22FNO. The van der Waals surface area contributed by atoms with E-state index >= 15 is 0 Å². The van der Waals surface area contributed by atoms with Gasteiger partial charge in [0.15, 0.2) is 0 Å². The van der Waals surface area contributed by atoms with Crippen molar-refractivity contribution in [2.75, 3.05) is 6.54 Å². The third-order valence-corrected chi connectivity index (χ3v) is 3.84. The quantitative estimate of drug-likeness (QED) is 0.840. The summed E-state index contributed by atoms with van der Waals surface area (Å²) in [6.07, 6.45) is 4.04. The smallest absolute Gasteiger partial charge is 0.127 e. The van der Waals surface area contributed by atoms with Crippen molar-refractivity contribution in [2.45, 2.75) is 51.3 Å². The molecule has 1 aromatic rings. The Morgan fingerprint density at radius 1 is 1.39 bits per heavy atom. The van der Waals surface area contributed by atoms with Gasteiger partial charge >= 0.3 is 0 Å². The first-order valence-electron chi connectivity index (χ1n) is 6.86. The van der Waals surface area contributed by atoms with Crippen LogP contribution in [0.1, 0.15) is 38.2 Å². The van der Waals surface area contributed by atoms with Crippen LogP contribution in [0.5, 0.6) is 0 Å². The second kappa shape index (κ2) is 6.30. The van der Waals surface area contributed by atoms with E-state index in [9.17, 15) is 9.50 Å². The standard InChI is InChI=1S/C15H22FNO/c1-2-14(18)11-17(13-7-5-8-13)10-12-6-3-4-9-15(12)16/h3-4,6,9,13-14,18H,2,5,7-8,10-11H2,1H3. The first kappa shape index (κ1) is 13.5. The van der Waals surface area contributed by atoms with Gasteiger partial charge < -0.3 is 5.11 Å². The van der Waals surface area contributed by atoms with Crippen LogP contribution in [0.15, 0.2) is 24.3 Å². The summed E-state index contributed by atoms with van der Waals surface area (Å²) in [5, 5.41) is 9.81. The second-order valence-electron chi connectivity index (χ2n) is 5.17. The Bertz CT molecular complexity index is 379. The third-order valence-electron chi connectivity index (χ3n) is 3.84. The van der Waals surface area contributed by atoms with Gasteiger partial charge in [-0.25, -0.2) is 4.39 Å². The Hall–Kier alpha value is -0.930. The highest BCUT2D eigenvalue weighted by atomic mass is 19.1. The highest BCUT2D eigenvalue weighted by molar-refractivity contribution is 5.17. The number of aliphatic hydroxyl groups excluding tert-OH is 1. The maximum Gasteiger partial charge on any atom is 0.127 e. The van der Waals surface area contributed by atoms with Crippen molar-refractivity contribution in [3.8, 4) is 0 Å². The highest BCUT2D eigenvalue weighted by Crippen LogP contribution is 2.27. The van der Waals surface area contributed by atoms with E-state index in [1.807, 2.05) is 19.1 Å². The molecule has 18 heavy (non-hydrogen) atoms. The van der Waals surface area contributed by atoms with Crippen LogP contribution in [0, 0.1) is 5.82 Å². The fourth-order valence-electron chi connectivity index (χ4n) is 2.34. The van der Waals surface area contributed by atoms with Crippen molar-refractivity contribution in [3.63, 3.8) is 0 Å². The molecule has 0 aliphatic heterocycles. The fourth-order valence-corrected chi connectivity index (χ4v) is 2.34. The molecule has 3 heteroatoms. The van der Waals surface area contributed by atoms with Crippen LogP contribution in [-0.2, 0) is 6.54 Å². The van der Waals surface area contributed by atoms with Gasteiger partial charge in [0.2, 0.25) is 0 Å². The molecular weight excluding hydrogens is 229 g/mol. The van der Waals surface area contributed by atoms with E-state index < -0.39 is 0 Å². The van der Waals surface area contributed by atoms with Gasteiger partial charge in [-0.3, -0.25) is 4.90 Å². The molecule has 2 nitrogen and oxygen atoms in total. The van der Waals surface area contributed by atoms with E-state index in [1.54, 1.807) is 6.07 Å². The van der Waals surface area contributed by atoms with E-state index in [1.165, 1.54) is 25.3 Å². The summed E-state index contributed by atoms with van der Waals surface area (Å²) in [5.74, 6) is -0.146. The van der Waals surface area contributed by atoms with Gasteiger partial charge in [-0.15, -0.1) is 0 Å². The molecule has 1 fully saturated rings. The summed E-state index contributed by atoms with van der Waals surface area (Å²) in [4.78, 5) is 2.23. The molecule has 0 bridgehead atoms. The van der Waals surface area contributed by atoms with Crippen molar-refractivity contribution in [3.05, 3.63) is 35.6 Å². The van der Waals surface area contributed by atoms with Gasteiger partial charge in [-0.2, -0.15) is 0 Å². The Morgan fingerprint density at radius 2 is 2.11 bits per heavy atom. The van der Waals surface area contributed by atoms with Crippen molar-refractivity contribution in [1.82, 2.24) is 4.90 Å². The minimum Gasteiger partial charge on any atom is -0.392 e. The molecule has 0 amide bonds. The van der Waals surface area contributed by atoms with Gasteiger partial charge in [-0.05, 0) is 25.3 Å². The molecule has 1 atom stereocenters. The molecule has 0 aromatic heterocycles. The Balaban J connectivity index is 2.02. The summed E-state index contributed by atoms with van der Waals surface area (Å²) in [5.41, 5.74) is 0.729. The maximum absolute atomic E-state index is 13.7. The molecule has 0 spiro atoms. The zero-order valence-corrected chi connectivity index (χ0v) is 11.0. The van der Waals surface area contributed by atoms with Gasteiger partial charge in [0, 0.05) is 24.7 Å². The largest absolute Gasteiger partial charge is 0.392 e. The number of rotatable bonds is 6. The number of halogens is 1. The van der Waals surface area contributed by atoms with Crippen molar-refractivity contribution in [1.29, 1.82) is 0 Å². The van der Waals surface area contributed by atoms with Gasteiger partial charge in [-0.1, -0.05) is 31.5 Å². The minimum absolute atomic E-state index is 0.146. The van der Waals surface area contributed by atoms with Crippen molar-refractivity contribution < 1.29 is 9.50 Å². The van der Waals surface area contributed by atoms with Gasteiger partial charge in [0.05, 0.1) is 6.10 Å². The molecule has 1 aliphatic carbocycles. The molecule has 1 aromatic carbocycles. The Kier molecular flexibility index (Phi) is 4.72. The minimum atomic E-state index is -0.308. The molecule has 0 heterocycles. The van der Waals surface area contributed by atoms with Gasteiger partial charge in [0.25, 0.3) is 0 Å². The lowest BCUT2D eigenvalue weighted by atomic mass is 9.90. The molecule has 1 aliphatic rings. The lowest BCUT2D eigenvalue weighted by molar-refractivity contribution is 0.0507. The fraction of sp³-hybridized carbons (Fsp3) is 0.600. The van der Waals surface area contributed by atoms with E-state index in [0.29, 0.717) is 19.1 Å². The Labute approximate surface area is 108 Å². The molecule has 1 unspecified atom stereocenters. The van der Waals surface area contributed by atoms with Crippen LogP contribution >= 0.6 is 0 Å². The van der Waals surface area contributed by atoms with Crippen LogP contribution in [0.3, 0.4) is 0 Å². The zero-order valence-electron chi connectivity index (χ0n) is 11.0. The maximum atomic E-state index is 13.7. The monoisotopic (exact) mass is 251 g/mol. The number of hydrogen-bond acceptors (Lipinski definition) is 2. The van der Waals surface area contributed by atoms with Crippen LogP contribution in [-0.4, -0.2) is 28.7 Å². The summed E-state index contributed by atoms with van der Waals surface area (Å²) >= 11 is 0. The predicted molar refractivity (Wildman–Crippen MR) is 70.7 cm³/mol. The molecule has 0 saturated heterocycles. The third kappa shape index (κ3) is 3.30. The lowest BCUT2D eigenvalue weighted by Gasteiger charge is -2.38. The van der Waals surface area contributed by atoms with Crippen LogP contribution in [0.4, 0.5) is 4.39 Å². The zero-order chi connectivity index (χ0) is 13.0. The van der Waals surface area contributed by atoms with Gasteiger partial charge in [0.1, 0.15) is 5.82 Å². The number of nitrogens with zero attached hydrogens (tertiary/aromatic N) is 1. The van der Waals surface area contributed by atoms with Crippen LogP contribution in [0.25, 0.3) is 0 Å². The molecule has 2 rings (SSSR count). The predicted octanol–water partition coefficient (Wildman–Crippen LogP) is 2.95. The van der Waals surface area contributed by atoms with E-state index in [4.69, 9.17) is 0 Å². The summed E-state index contributed by atoms with van der Waals surface area (Å²) in [6, 6.07) is 7.44. The summed E-state index contributed by atoms with van der Waals surface area (Å²) in [7, 11) is 0. The summed E-state index contributed by atoms with van der Waals surface area (Å²) < 4.78 is 13.7. The lowest BCUT2D eigenvalue weighted by Crippen LogP contribution is -2.43. The summed E-state index contributed by atoms with van der Waals surface area (Å²) in [6.45, 7) is 3.23. The highest BCUT2D eigenvalue weighted by Gasteiger charge is 2.26. The van der Waals surface area contributed by atoms with Crippen LogP contribution < -0.4 is 0 Å². The average molecular weight is 251 g/mol. The van der Waals surface area contributed by atoms with E-state index in [0.717, 1.165) is 12.0 Å². The molecule has 1 N–H and O–H groups in total. The topological polar surface area (TPSA) is 23.5 Å². The SMILES string of the molecule is CCC(O)CN(Cc1ccccc1F)C1CCC1. The normalized spacial score (nSPS) is 17.8. The average Bonchev–Trinajstić information content (AvgIpc) is 2.29. The first-order chi connectivity index (χ1) is 8.70. The first-order valence-corrected chi connectivity index (χ1v) is 6.86. The molecule has 0 radical (unpaired) electrons. The molecule has 1 saturated carbocycles. The van der Waals surface area contributed by atoms with Crippen LogP contribution in [0.2, 0.25) is 0 Å². The van der Waals surface area contributed by atoms with E-state index in [-0.39, 0.29) is 11.9 Å². The molecule has 100 valence electrons.